The third-order valence-corrected chi connectivity index (χ3v) is 13.3. The van der Waals surface area contributed by atoms with Crippen LogP contribution in [-0.4, -0.2) is 44.6 Å². The molecule has 0 fully saturated rings. The number of unbranched alkanes of at least 4 members (excludes halogenated alkanes) is 20. The van der Waals surface area contributed by atoms with Gasteiger partial charge in [-0.3, -0.25) is 0 Å². The predicted molar refractivity (Wildman–Crippen MR) is 203 cm³/mol. The van der Waals surface area contributed by atoms with Gasteiger partial charge in [-0.2, -0.15) is 25.3 Å². The number of rotatable bonds is 32. The molecular weight excluding hydrogens is 703 g/mol. The minimum atomic E-state index is -0.950. The zero-order valence-corrected chi connectivity index (χ0v) is 35.0. The van der Waals surface area contributed by atoms with Crippen LogP contribution in [0, 0.1) is 11.8 Å². The second kappa shape index (κ2) is 44.4. The van der Waals surface area contributed by atoms with E-state index in [4.69, 9.17) is 0 Å². The standard InChI is InChI=1S/2C11H22O2S.2C8H17.Sn/c2*1-2-3-4-5-6-7-8-10(9-14)11(12)13;2*1-3-5-7-8-6-4-2;/h2*10,14H,2-9H2,1H3,(H,12,13);2*1,3-8H2,2H3;/q;;;;+2/p-2. The number of hydrogen-bond acceptors (Lipinski definition) is 6. The van der Waals surface area contributed by atoms with Gasteiger partial charge in [0.2, 0.25) is 0 Å². The first-order chi connectivity index (χ1) is 21.9. The monoisotopic (exact) mass is 780 g/mol. The van der Waals surface area contributed by atoms with E-state index in [1.54, 1.807) is 21.7 Å². The van der Waals surface area contributed by atoms with Crippen LogP contribution in [0.1, 0.15) is 195 Å². The van der Waals surface area contributed by atoms with Crippen molar-refractivity contribution in [2.75, 3.05) is 11.5 Å². The average Bonchev–Trinajstić information content (AvgIpc) is 3.03. The molecule has 0 aromatic carbocycles. The first-order valence-electron chi connectivity index (χ1n) is 19.2. The van der Waals surface area contributed by atoms with Crippen molar-refractivity contribution in [3.63, 3.8) is 0 Å². The van der Waals surface area contributed by atoms with E-state index < -0.39 is 11.9 Å². The normalized spacial score (nSPS) is 11.9. The first kappa shape index (κ1) is 49.8. The van der Waals surface area contributed by atoms with Crippen LogP contribution in [0.2, 0.25) is 8.87 Å². The van der Waals surface area contributed by atoms with Gasteiger partial charge in [0.25, 0.3) is 0 Å². The van der Waals surface area contributed by atoms with Crippen molar-refractivity contribution in [1.82, 2.24) is 0 Å². The van der Waals surface area contributed by atoms with Gasteiger partial charge in [0, 0.05) is 23.8 Å². The first-order valence-corrected chi connectivity index (χ1v) is 24.5. The molecule has 0 aromatic rings. The SMILES string of the molecule is CCCCCCCCC(CS)C(=O)[O-].CCCCCCCCC(CS)C(=O)[O-].CCCCCCC[CH2][Sn+2][CH2]CCCCCCC. The van der Waals surface area contributed by atoms with E-state index in [9.17, 15) is 19.8 Å². The molecule has 0 heterocycles. The maximum atomic E-state index is 10.5. The van der Waals surface area contributed by atoms with E-state index in [2.05, 4.69) is 53.0 Å². The van der Waals surface area contributed by atoms with Crippen LogP contribution >= 0.6 is 25.3 Å². The molecule has 0 amide bonds. The van der Waals surface area contributed by atoms with Crippen molar-refractivity contribution in [2.45, 2.75) is 204 Å². The zero-order valence-electron chi connectivity index (χ0n) is 30.4. The summed E-state index contributed by atoms with van der Waals surface area (Å²) in [5, 5.41) is 21.1. The van der Waals surface area contributed by atoms with Gasteiger partial charge in [-0.25, -0.2) is 0 Å². The number of carboxylic acid groups (broad SMARTS) is 2. The van der Waals surface area contributed by atoms with Gasteiger partial charge in [-0.1, -0.05) is 90.9 Å². The maximum absolute atomic E-state index is 10.5. The molecular formula is C38H76O4S2Sn. The summed E-state index contributed by atoms with van der Waals surface area (Å²) in [5.74, 6) is -1.81. The topological polar surface area (TPSA) is 80.3 Å². The van der Waals surface area contributed by atoms with E-state index in [0.717, 1.165) is 38.5 Å². The van der Waals surface area contributed by atoms with Crippen LogP contribution in [-0.2, 0) is 9.59 Å². The van der Waals surface area contributed by atoms with Gasteiger partial charge >= 0.3 is 121 Å². The van der Waals surface area contributed by atoms with E-state index in [1.165, 1.54) is 116 Å². The molecule has 0 N–H and O–H groups in total. The molecule has 4 nitrogen and oxygen atoms in total. The van der Waals surface area contributed by atoms with Crippen LogP contribution in [0.4, 0.5) is 0 Å². The van der Waals surface area contributed by atoms with E-state index in [-0.39, 0.29) is 33.0 Å². The van der Waals surface area contributed by atoms with Crippen LogP contribution < -0.4 is 10.2 Å². The van der Waals surface area contributed by atoms with Gasteiger partial charge in [0.15, 0.2) is 0 Å². The Labute approximate surface area is 303 Å². The molecule has 2 atom stereocenters. The number of aliphatic carboxylic acids is 2. The van der Waals surface area contributed by atoms with Gasteiger partial charge in [-0.15, -0.1) is 0 Å². The molecule has 0 radical (unpaired) electrons. The number of carbonyl (C=O) groups excluding carboxylic acids is 2. The van der Waals surface area contributed by atoms with Gasteiger partial charge in [0.1, 0.15) is 0 Å². The molecule has 0 aliphatic carbocycles. The number of carboxylic acids is 2. The Morgan fingerprint density at radius 1 is 0.444 bits per heavy atom. The molecule has 0 bridgehead atoms. The fourth-order valence-corrected chi connectivity index (χ4v) is 9.33. The van der Waals surface area contributed by atoms with Crippen molar-refractivity contribution in [3.8, 4) is 0 Å². The van der Waals surface area contributed by atoms with Crippen molar-refractivity contribution in [2.24, 2.45) is 11.8 Å². The molecule has 0 saturated carbocycles. The summed E-state index contributed by atoms with van der Waals surface area (Å²) >= 11 is 8.06. The summed E-state index contributed by atoms with van der Waals surface area (Å²) in [7, 11) is 0. The molecule has 0 aliphatic rings. The van der Waals surface area contributed by atoms with E-state index in [0.29, 0.717) is 11.5 Å². The molecule has 0 aromatic heterocycles. The number of thiol groups is 2. The Hall–Kier alpha value is 0.439. The molecule has 2 unspecified atom stereocenters. The quantitative estimate of drug-likeness (QED) is 0.0405. The molecule has 0 rings (SSSR count). The van der Waals surface area contributed by atoms with E-state index in [1.807, 2.05) is 0 Å². The van der Waals surface area contributed by atoms with Crippen molar-refractivity contribution >= 4 is 58.3 Å². The van der Waals surface area contributed by atoms with Gasteiger partial charge in [0.05, 0.1) is 0 Å². The molecule has 0 aliphatic heterocycles. The number of hydrogen-bond donors (Lipinski definition) is 2. The summed E-state index contributed by atoms with van der Waals surface area (Å²) in [5.41, 5.74) is 0. The van der Waals surface area contributed by atoms with E-state index >= 15 is 0 Å². The average molecular weight is 780 g/mol. The second-order valence-corrected chi connectivity index (χ2v) is 17.8. The fourth-order valence-electron chi connectivity index (χ4n) is 5.10. The Kier molecular flexibility index (Phi) is 49.2. The third kappa shape index (κ3) is 44.4. The molecule has 0 spiro atoms. The fraction of sp³-hybridized carbons (Fsp3) is 0.947. The summed E-state index contributed by atoms with van der Waals surface area (Å²) < 4.78 is 3.31. The van der Waals surface area contributed by atoms with Crippen LogP contribution in [0.3, 0.4) is 0 Å². The van der Waals surface area contributed by atoms with Gasteiger partial charge < -0.3 is 19.8 Å². The van der Waals surface area contributed by atoms with Gasteiger partial charge in [-0.05, 0) is 24.3 Å². The minimum absolute atomic E-state index is 0.0736. The zero-order chi connectivity index (χ0) is 34.2. The van der Waals surface area contributed by atoms with Crippen LogP contribution in [0.5, 0.6) is 0 Å². The molecule has 0 saturated heterocycles. The summed E-state index contributed by atoms with van der Waals surface area (Å²) in [6.07, 6.45) is 33.6. The van der Waals surface area contributed by atoms with Crippen molar-refractivity contribution < 1.29 is 19.8 Å². The van der Waals surface area contributed by atoms with Crippen molar-refractivity contribution in [1.29, 1.82) is 0 Å². The Balaban J connectivity index is -0.000000592. The summed E-state index contributed by atoms with van der Waals surface area (Å²) in [4.78, 5) is 21.1. The third-order valence-electron chi connectivity index (χ3n) is 8.33. The predicted octanol–water partition coefficient (Wildman–Crippen LogP) is 10.3. The summed E-state index contributed by atoms with van der Waals surface area (Å²) in [6, 6.07) is 0. The van der Waals surface area contributed by atoms with Crippen molar-refractivity contribution in [3.05, 3.63) is 0 Å². The summed E-state index contributed by atoms with van der Waals surface area (Å²) in [6.45, 7) is 8.98. The Morgan fingerprint density at radius 3 is 0.933 bits per heavy atom. The molecule has 45 heavy (non-hydrogen) atoms. The second-order valence-electron chi connectivity index (χ2n) is 12.8. The molecule has 268 valence electrons. The number of carbonyl (C=O) groups is 2. The Bertz CT molecular complexity index is 532. The Morgan fingerprint density at radius 2 is 0.689 bits per heavy atom. The van der Waals surface area contributed by atoms with Crippen LogP contribution in [0.25, 0.3) is 0 Å². The molecule has 7 heteroatoms. The van der Waals surface area contributed by atoms with Crippen LogP contribution in [0.15, 0.2) is 0 Å².